The molecule has 0 aliphatic carbocycles. The minimum Gasteiger partial charge on any atom is -0.497 e. The standard InChI is InChI=1S/C24H21N3O4/c1-29-22-12-9-20(23(13-22)30-2)15-26-27-24(28)16-31-21-10-7-19(8-11-21)18-5-3-17(14-25)4-6-18/h3-13,15H,16H2,1-2H3,(H,27,28)/b26-15+. The lowest BCUT2D eigenvalue weighted by atomic mass is 10.0. The van der Waals surface area contributed by atoms with Gasteiger partial charge in [0.1, 0.15) is 17.2 Å². The number of rotatable bonds is 8. The number of amides is 1. The molecule has 0 saturated heterocycles. The fraction of sp³-hybridized carbons (Fsp3) is 0.125. The van der Waals surface area contributed by atoms with E-state index in [4.69, 9.17) is 19.5 Å². The van der Waals surface area contributed by atoms with Crippen molar-refractivity contribution < 1.29 is 19.0 Å². The zero-order chi connectivity index (χ0) is 22.1. The highest BCUT2D eigenvalue weighted by molar-refractivity contribution is 5.85. The number of nitrogens with one attached hydrogen (secondary N) is 1. The summed E-state index contributed by atoms with van der Waals surface area (Å²) in [5, 5.41) is 12.8. The van der Waals surface area contributed by atoms with Gasteiger partial charge in [0, 0.05) is 11.6 Å². The Labute approximate surface area is 180 Å². The summed E-state index contributed by atoms with van der Waals surface area (Å²) in [4.78, 5) is 12.0. The lowest BCUT2D eigenvalue weighted by molar-refractivity contribution is -0.123. The number of benzene rings is 3. The van der Waals surface area contributed by atoms with Crippen molar-refractivity contribution in [2.75, 3.05) is 20.8 Å². The molecule has 0 aliphatic rings. The quantitative estimate of drug-likeness (QED) is 0.447. The molecule has 156 valence electrons. The smallest absolute Gasteiger partial charge is 0.277 e. The summed E-state index contributed by atoms with van der Waals surface area (Å²) in [6.45, 7) is -0.173. The first-order valence-electron chi connectivity index (χ1n) is 9.40. The zero-order valence-corrected chi connectivity index (χ0v) is 17.2. The Morgan fingerprint density at radius 1 is 0.968 bits per heavy atom. The first-order valence-corrected chi connectivity index (χ1v) is 9.40. The first kappa shape index (κ1) is 21.4. The summed E-state index contributed by atoms with van der Waals surface area (Å²) in [5.41, 5.74) is 5.71. The summed E-state index contributed by atoms with van der Waals surface area (Å²) in [5.74, 6) is 1.42. The van der Waals surface area contributed by atoms with Gasteiger partial charge in [-0.1, -0.05) is 24.3 Å². The largest absolute Gasteiger partial charge is 0.497 e. The second kappa shape index (κ2) is 10.5. The van der Waals surface area contributed by atoms with Gasteiger partial charge in [0.25, 0.3) is 5.91 Å². The van der Waals surface area contributed by atoms with Crippen molar-refractivity contribution in [3.8, 4) is 34.4 Å². The van der Waals surface area contributed by atoms with Crippen LogP contribution in [0.2, 0.25) is 0 Å². The minimum atomic E-state index is -0.389. The first-order chi connectivity index (χ1) is 15.1. The van der Waals surface area contributed by atoms with Crippen LogP contribution < -0.4 is 19.6 Å². The van der Waals surface area contributed by atoms with Crippen molar-refractivity contribution in [2.24, 2.45) is 5.10 Å². The van der Waals surface area contributed by atoms with Gasteiger partial charge in [-0.3, -0.25) is 4.79 Å². The summed E-state index contributed by atoms with van der Waals surface area (Å²) in [6.07, 6.45) is 1.49. The van der Waals surface area contributed by atoms with Crippen molar-refractivity contribution in [1.82, 2.24) is 5.43 Å². The van der Waals surface area contributed by atoms with Gasteiger partial charge < -0.3 is 14.2 Å². The molecule has 0 aliphatic heterocycles. The third-order valence-electron chi connectivity index (χ3n) is 4.41. The van der Waals surface area contributed by atoms with E-state index in [2.05, 4.69) is 16.6 Å². The predicted octanol–water partition coefficient (Wildman–Crippen LogP) is 3.77. The lowest BCUT2D eigenvalue weighted by Gasteiger charge is -2.08. The monoisotopic (exact) mass is 415 g/mol. The number of methoxy groups -OCH3 is 2. The van der Waals surface area contributed by atoms with Gasteiger partial charge in [-0.05, 0) is 47.5 Å². The number of nitrogens with zero attached hydrogens (tertiary/aromatic N) is 2. The highest BCUT2D eigenvalue weighted by atomic mass is 16.5. The Morgan fingerprint density at radius 3 is 2.23 bits per heavy atom. The van der Waals surface area contributed by atoms with Crippen molar-refractivity contribution in [3.63, 3.8) is 0 Å². The summed E-state index contributed by atoms with van der Waals surface area (Å²) in [7, 11) is 3.12. The van der Waals surface area contributed by atoms with E-state index in [1.165, 1.54) is 6.21 Å². The van der Waals surface area contributed by atoms with Gasteiger partial charge in [0.2, 0.25) is 0 Å². The SMILES string of the molecule is COc1ccc(/C=N/NC(=O)COc2ccc(-c3ccc(C#N)cc3)cc2)c(OC)c1. The van der Waals surface area contributed by atoms with E-state index < -0.39 is 0 Å². The van der Waals surface area contributed by atoms with Gasteiger partial charge in [0.15, 0.2) is 6.61 Å². The van der Waals surface area contributed by atoms with Crippen LogP contribution in [-0.2, 0) is 4.79 Å². The molecule has 7 heteroatoms. The maximum absolute atomic E-state index is 12.0. The topological polar surface area (TPSA) is 92.9 Å². The maximum Gasteiger partial charge on any atom is 0.277 e. The molecule has 0 saturated carbocycles. The maximum atomic E-state index is 12.0. The van der Waals surface area contributed by atoms with Crippen molar-refractivity contribution in [2.45, 2.75) is 0 Å². The second-order valence-corrected chi connectivity index (χ2v) is 6.40. The second-order valence-electron chi connectivity index (χ2n) is 6.40. The molecule has 1 N–H and O–H groups in total. The van der Waals surface area contributed by atoms with Crippen LogP contribution in [0.15, 0.2) is 71.8 Å². The number of carbonyl (C=O) groups is 1. The summed E-state index contributed by atoms with van der Waals surface area (Å²) in [6, 6.07) is 22.0. The average molecular weight is 415 g/mol. The van der Waals surface area contributed by atoms with Crippen LogP contribution in [0, 0.1) is 11.3 Å². The Balaban J connectivity index is 1.51. The fourth-order valence-electron chi connectivity index (χ4n) is 2.76. The van der Waals surface area contributed by atoms with Gasteiger partial charge >= 0.3 is 0 Å². The molecule has 0 aromatic heterocycles. The molecule has 3 aromatic carbocycles. The van der Waals surface area contributed by atoms with Gasteiger partial charge in [-0.2, -0.15) is 10.4 Å². The molecule has 7 nitrogen and oxygen atoms in total. The van der Waals surface area contributed by atoms with Crippen LogP contribution in [0.1, 0.15) is 11.1 Å². The van der Waals surface area contributed by atoms with E-state index in [-0.39, 0.29) is 12.5 Å². The molecule has 0 atom stereocenters. The predicted molar refractivity (Wildman–Crippen MR) is 117 cm³/mol. The van der Waals surface area contributed by atoms with Crippen LogP contribution in [0.4, 0.5) is 0 Å². The lowest BCUT2D eigenvalue weighted by Crippen LogP contribution is -2.24. The van der Waals surface area contributed by atoms with E-state index in [1.54, 1.807) is 56.7 Å². The zero-order valence-electron chi connectivity index (χ0n) is 17.2. The molecule has 0 spiro atoms. The molecule has 0 unspecified atom stereocenters. The number of ether oxygens (including phenoxy) is 3. The number of hydrogen-bond donors (Lipinski definition) is 1. The van der Waals surface area contributed by atoms with E-state index in [0.717, 1.165) is 11.1 Å². The fourth-order valence-corrected chi connectivity index (χ4v) is 2.76. The van der Waals surface area contributed by atoms with Crippen LogP contribution in [0.5, 0.6) is 17.2 Å². The molecule has 31 heavy (non-hydrogen) atoms. The van der Waals surface area contributed by atoms with Crippen LogP contribution >= 0.6 is 0 Å². The molecular formula is C24H21N3O4. The van der Waals surface area contributed by atoms with Gasteiger partial charge in [-0.25, -0.2) is 5.43 Å². The normalized spacial score (nSPS) is 10.4. The number of nitriles is 1. The Bertz CT molecular complexity index is 1100. The highest BCUT2D eigenvalue weighted by Gasteiger charge is 2.05. The molecule has 0 heterocycles. The molecule has 0 radical (unpaired) electrons. The van der Waals surface area contributed by atoms with Crippen molar-refractivity contribution in [3.05, 3.63) is 77.9 Å². The third kappa shape index (κ3) is 5.84. The highest BCUT2D eigenvalue weighted by Crippen LogP contribution is 2.24. The van der Waals surface area contributed by atoms with Crippen molar-refractivity contribution >= 4 is 12.1 Å². The summed E-state index contributed by atoms with van der Waals surface area (Å²) < 4.78 is 15.9. The van der Waals surface area contributed by atoms with Crippen LogP contribution in [0.25, 0.3) is 11.1 Å². The van der Waals surface area contributed by atoms with Crippen LogP contribution in [-0.4, -0.2) is 32.9 Å². The molecule has 3 aromatic rings. The minimum absolute atomic E-state index is 0.173. The van der Waals surface area contributed by atoms with Crippen molar-refractivity contribution in [1.29, 1.82) is 5.26 Å². The Kier molecular flexibility index (Phi) is 7.22. The third-order valence-corrected chi connectivity index (χ3v) is 4.41. The number of carbonyl (C=O) groups excluding carboxylic acids is 1. The molecule has 0 fully saturated rings. The number of hydrazone groups is 1. The van der Waals surface area contributed by atoms with Gasteiger partial charge in [-0.15, -0.1) is 0 Å². The van der Waals surface area contributed by atoms with Crippen LogP contribution in [0.3, 0.4) is 0 Å². The van der Waals surface area contributed by atoms with Gasteiger partial charge in [0.05, 0.1) is 32.1 Å². The molecule has 1 amide bonds. The molecule has 3 rings (SSSR count). The Hall–Kier alpha value is -4.31. The van der Waals surface area contributed by atoms with E-state index in [0.29, 0.717) is 28.4 Å². The molecular weight excluding hydrogens is 394 g/mol. The summed E-state index contributed by atoms with van der Waals surface area (Å²) >= 11 is 0. The van der Waals surface area contributed by atoms with E-state index in [9.17, 15) is 4.79 Å². The number of hydrogen-bond acceptors (Lipinski definition) is 6. The van der Waals surface area contributed by atoms with E-state index in [1.807, 2.05) is 24.3 Å². The van der Waals surface area contributed by atoms with E-state index >= 15 is 0 Å². The Morgan fingerprint density at radius 2 is 1.61 bits per heavy atom. The molecule has 0 bridgehead atoms. The average Bonchev–Trinajstić information content (AvgIpc) is 2.83.